The fraction of sp³-hybridized carbons (Fsp3) is 0.385. The number of ether oxygens (including phenoxy) is 1. The largest absolute Gasteiger partial charge is 0.378 e. The molecule has 0 radical (unpaired) electrons. The van der Waals surface area contributed by atoms with Gasteiger partial charge >= 0.3 is 0 Å². The maximum Gasteiger partial charge on any atom is 0.199 e. The second-order valence-corrected chi connectivity index (χ2v) is 4.86. The molecular formula is C13H18Cl2N4O. The summed E-state index contributed by atoms with van der Waals surface area (Å²) in [6.07, 6.45) is 0. The average Bonchev–Trinajstić information content (AvgIpc) is 2.42. The Labute approximate surface area is 128 Å². The van der Waals surface area contributed by atoms with Gasteiger partial charge in [0.25, 0.3) is 0 Å². The van der Waals surface area contributed by atoms with Crippen molar-refractivity contribution in [2.75, 3.05) is 26.3 Å². The van der Waals surface area contributed by atoms with Crippen molar-refractivity contribution in [1.82, 2.24) is 4.90 Å². The van der Waals surface area contributed by atoms with E-state index in [-0.39, 0.29) is 5.29 Å². The van der Waals surface area contributed by atoms with Crippen LogP contribution in [0.1, 0.15) is 5.56 Å². The van der Waals surface area contributed by atoms with E-state index in [0.29, 0.717) is 5.29 Å². The number of benzene rings is 1. The van der Waals surface area contributed by atoms with Crippen molar-refractivity contribution in [3.05, 3.63) is 29.8 Å². The first-order valence-corrected chi connectivity index (χ1v) is 6.88. The number of rotatable bonds is 1. The highest BCUT2D eigenvalue weighted by molar-refractivity contribution is 6.64. The predicted molar refractivity (Wildman–Crippen MR) is 84.3 cm³/mol. The summed E-state index contributed by atoms with van der Waals surface area (Å²) < 4.78 is 5.27. The molecule has 0 spiro atoms. The number of nitrogens with two attached hydrogens (primary N) is 1. The molecule has 1 aliphatic rings. The first-order valence-electron chi connectivity index (χ1n) is 6.12. The zero-order chi connectivity index (χ0) is 15.0. The molecule has 2 rings (SSSR count). The van der Waals surface area contributed by atoms with Gasteiger partial charge < -0.3 is 15.4 Å². The van der Waals surface area contributed by atoms with Crippen LogP contribution >= 0.6 is 23.2 Å². The second-order valence-electron chi connectivity index (χ2n) is 4.11. The van der Waals surface area contributed by atoms with Crippen LogP contribution in [0.2, 0.25) is 0 Å². The normalized spacial score (nSPS) is 15.3. The lowest BCUT2D eigenvalue weighted by Gasteiger charge is -2.26. The number of hydrogen-bond acceptors (Lipinski definition) is 3. The minimum Gasteiger partial charge on any atom is -0.378 e. The van der Waals surface area contributed by atoms with Crippen molar-refractivity contribution in [3.63, 3.8) is 0 Å². The van der Waals surface area contributed by atoms with Gasteiger partial charge in [0.05, 0.1) is 18.9 Å². The molecule has 0 bridgehead atoms. The van der Waals surface area contributed by atoms with Crippen LogP contribution in [0.25, 0.3) is 0 Å². The number of aliphatic imine (C=N–C) groups is 1. The number of nitrogens with one attached hydrogen (secondary N) is 1. The van der Waals surface area contributed by atoms with Gasteiger partial charge in [-0.05, 0) is 41.8 Å². The highest BCUT2D eigenvalue weighted by Crippen LogP contribution is 2.19. The first-order chi connectivity index (χ1) is 9.50. The maximum absolute atomic E-state index is 6.19. The van der Waals surface area contributed by atoms with Crippen LogP contribution in [-0.4, -0.2) is 41.8 Å². The first kappa shape index (κ1) is 16.8. The van der Waals surface area contributed by atoms with E-state index < -0.39 is 0 Å². The van der Waals surface area contributed by atoms with Crippen molar-refractivity contribution in [3.8, 4) is 0 Å². The number of nitrogens with zero attached hydrogens (tertiary/aromatic N) is 2. The molecule has 1 fully saturated rings. The van der Waals surface area contributed by atoms with Gasteiger partial charge in [0, 0.05) is 13.1 Å². The molecular weight excluding hydrogens is 299 g/mol. The van der Waals surface area contributed by atoms with E-state index in [1.807, 2.05) is 36.1 Å². The third-order valence-corrected chi connectivity index (χ3v) is 2.92. The fourth-order valence-corrected chi connectivity index (χ4v) is 1.87. The SMILES string of the molecule is Cc1ccccc1/N=C(\Cl)N1CCOCC1.N=C(N)Cl. The van der Waals surface area contributed by atoms with Gasteiger partial charge in [-0.3, -0.25) is 5.41 Å². The molecule has 0 unspecified atom stereocenters. The second kappa shape index (κ2) is 8.79. The lowest BCUT2D eigenvalue weighted by molar-refractivity contribution is 0.0692. The van der Waals surface area contributed by atoms with Gasteiger partial charge in [0.2, 0.25) is 0 Å². The van der Waals surface area contributed by atoms with Crippen molar-refractivity contribution in [2.24, 2.45) is 10.7 Å². The van der Waals surface area contributed by atoms with Crippen LogP contribution in [0.5, 0.6) is 0 Å². The summed E-state index contributed by atoms with van der Waals surface area (Å²) in [6, 6.07) is 7.97. The summed E-state index contributed by atoms with van der Waals surface area (Å²) in [5.74, 6) is 0. The standard InChI is InChI=1S/C12H15ClN2O.CH3ClN2/c1-10-4-2-3-5-11(10)14-12(13)15-6-8-16-9-7-15;2-1(3)4/h2-5H,6-9H2,1H3;(H3,3,4)/b14-12+;. The summed E-state index contributed by atoms with van der Waals surface area (Å²) in [6.45, 7) is 5.10. The predicted octanol–water partition coefficient (Wildman–Crippen LogP) is 2.67. The number of halogens is 2. The monoisotopic (exact) mass is 316 g/mol. The average molecular weight is 317 g/mol. The Morgan fingerprint density at radius 2 is 1.85 bits per heavy atom. The van der Waals surface area contributed by atoms with E-state index in [1.54, 1.807) is 0 Å². The molecule has 20 heavy (non-hydrogen) atoms. The summed E-state index contributed by atoms with van der Waals surface area (Å²) in [5, 5.41) is 6.24. The molecule has 0 atom stereocenters. The lowest BCUT2D eigenvalue weighted by atomic mass is 10.2. The summed E-state index contributed by atoms with van der Waals surface area (Å²) in [4.78, 5) is 6.47. The quantitative estimate of drug-likeness (QED) is 0.475. The summed E-state index contributed by atoms with van der Waals surface area (Å²) >= 11 is 10.8. The molecule has 0 aromatic heterocycles. The van der Waals surface area contributed by atoms with Gasteiger partial charge in [-0.25, -0.2) is 4.99 Å². The molecule has 1 saturated heterocycles. The Morgan fingerprint density at radius 1 is 1.30 bits per heavy atom. The molecule has 0 saturated carbocycles. The molecule has 1 aromatic carbocycles. The van der Waals surface area contributed by atoms with Crippen molar-refractivity contribution in [1.29, 1.82) is 5.41 Å². The minimum atomic E-state index is -0.361. The Hall–Kier alpha value is -1.30. The van der Waals surface area contributed by atoms with Crippen LogP contribution in [0.3, 0.4) is 0 Å². The highest BCUT2D eigenvalue weighted by Gasteiger charge is 2.13. The van der Waals surface area contributed by atoms with Gasteiger partial charge in [-0.15, -0.1) is 0 Å². The third kappa shape index (κ3) is 6.23. The number of hydrogen-bond donors (Lipinski definition) is 2. The number of morpholine rings is 1. The molecule has 110 valence electrons. The van der Waals surface area contributed by atoms with Crippen molar-refractivity contribution in [2.45, 2.75) is 6.92 Å². The van der Waals surface area contributed by atoms with Crippen LogP contribution in [-0.2, 0) is 4.74 Å². The Morgan fingerprint density at radius 3 is 2.40 bits per heavy atom. The summed E-state index contributed by atoms with van der Waals surface area (Å²) in [7, 11) is 0. The van der Waals surface area contributed by atoms with E-state index in [2.05, 4.69) is 22.3 Å². The molecule has 0 aliphatic carbocycles. The number of amidine groups is 2. The van der Waals surface area contributed by atoms with Crippen LogP contribution in [0.4, 0.5) is 5.69 Å². The van der Waals surface area contributed by atoms with Crippen LogP contribution in [0.15, 0.2) is 29.3 Å². The van der Waals surface area contributed by atoms with Gasteiger partial charge in [-0.2, -0.15) is 0 Å². The third-order valence-electron chi connectivity index (χ3n) is 2.60. The minimum absolute atomic E-state index is 0.361. The molecule has 5 nitrogen and oxygen atoms in total. The van der Waals surface area contributed by atoms with Gasteiger partial charge in [0.1, 0.15) is 0 Å². The van der Waals surface area contributed by atoms with Crippen molar-refractivity contribution >= 4 is 39.5 Å². The molecule has 0 amide bonds. The molecule has 7 heteroatoms. The highest BCUT2D eigenvalue weighted by atomic mass is 35.5. The Bertz CT molecular complexity index is 469. The van der Waals surface area contributed by atoms with E-state index in [9.17, 15) is 0 Å². The van der Waals surface area contributed by atoms with Crippen molar-refractivity contribution < 1.29 is 4.74 Å². The Balaban J connectivity index is 0.000000444. The smallest absolute Gasteiger partial charge is 0.199 e. The molecule has 1 aromatic rings. The topological polar surface area (TPSA) is 74.7 Å². The molecule has 3 N–H and O–H groups in total. The number of para-hydroxylation sites is 1. The van der Waals surface area contributed by atoms with E-state index in [1.165, 1.54) is 0 Å². The maximum atomic E-state index is 6.19. The van der Waals surface area contributed by atoms with E-state index >= 15 is 0 Å². The van der Waals surface area contributed by atoms with Gasteiger partial charge in [-0.1, -0.05) is 18.2 Å². The fourth-order valence-electron chi connectivity index (χ4n) is 1.61. The van der Waals surface area contributed by atoms with Crippen LogP contribution in [0, 0.1) is 12.3 Å². The van der Waals surface area contributed by atoms with Crippen LogP contribution < -0.4 is 5.73 Å². The van der Waals surface area contributed by atoms with E-state index in [0.717, 1.165) is 37.6 Å². The summed E-state index contributed by atoms with van der Waals surface area (Å²) in [5.41, 5.74) is 6.52. The number of aryl methyl sites for hydroxylation is 1. The zero-order valence-electron chi connectivity index (χ0n) is 11.3. The molecule has 1 heterocycles. The van der Waals surface area contributed by atoms with E-state index in [4.69, 9.17) is 21.7 Å². The zero-order valence-corrected chi connectivity index (χ0v) is 12.8. The Kier molecular flexibility index (Phi) is 7.36. The lowest BCUT2D eigenvalue weighted by Crippen LogP contribution is -2.38. The van der Waals surface area contributed by atoms with Gasteiger partial charge in [0.15, 0.2) is 10.6 Å². The molecule has 1 aliphatic heterocycles.